The molecule has 1 saturated heterocycles. The summed E-state index contributed by atoms with van der Waals surface area (Å²) >= 11 is 0. The van der Waals surface area contributed by atoms with Gasteiger partial charge in [-0.05, 0) is 37.0 Å². The van der Waals surface area contributed by atoms with Gasteiger partial charge in [-0.15, -0.1) is 24.0 Å². The summed E-state index contributed by atoms with van der Waals surface area (Å²) in [6.45, 7) is 3.92. The molecule has 1 aromatic rings. The van der Waals surface area contributed by atoms with E-state index in [0.717, 1.165) is 24.3 Å². The van der Waals surface area contributed by atoms with Crippen molar-refractivity contribution < 1.29 is 13.2 Å². The number of hydrogen-bond donors (Lipinski definition) is 2. The Hall–Kier alpha value is -1.03. The first-order valence-corrected chi connectivity index (χ1v) is 9.70. The Labute approximate surface area is 161 Å². The summed E-state index contributed by atoms with van der Waals surface area (Å²) in [6, 6.07) is 7.79. The van der Waals surface area contributed by atoms with Crippen LogP contribution in [0.3, 0.4) is 0 Å². The molecule has 1 aliphatic heterocycles. The number of ether oxygens (including phenoxy) is 1. The first-order valence-electron chi connectivity index (χ1n) is 7.88. The van der Waals surface area contributed by atoms with E-state index >= 15 is 0 Å². The standard InChI is InChI=1S/C16H25N3O3S.HI/c1-3-17-16(19-11-14-7-8-23(20,21)12-14)18-10-13-5-4-6-15(9-13)22-2;/h4-6,9,14H,3,7-8,10-12H2,1-2H3,(H2,17,18,19);1H. The first-order chi connectivity index (χ1) is 11.0. The molecule has 1 fully saturated rings. The van der Waals surface area contributed by atoms with Crippen molar-refractivity contribution >= 4 is 39.8 Å². The van der Waals surface area contributed by atoms with E-state index in [9.17, 15) is 8.42 Å². The van der Waals surface area contributed by atoms with Crippen molar-refractivity contribution in [3.63, 3.8) is 0 Å². The first kappa shape index (κ1) is 21.0. The molecule has 1 aromatic carbocycles. The van der Waals surface area contributed by atoms with Gasteiger partial charge < -0.3 is 15.4 Å². The third-order valence-corrected chi connectivity index (χ3v) is 5.62. The van der Waals surface area contributed by atoms with E-state index in [1.807, 2.05) is 31.2 Å². The normalized spacial score (nSPS) is 19.4. The number of nitrogens with one attached hydrogen (secondary N) is 2. The third kappa shape index (κ3) is 6.84. The van der Waals surface area contributed by atoms with E-state index < -0.39 is 9.84 Å². The van der Waals surface area contributed by atoms with Crippen LogP contribution in [-0.4, -0.2) is 46.1 Å². The second-order valence-corrected chi connectivity index (χ2v) is 7.93. The van der Waals surface area contributed by atoms with E-state index in [4.69, 9.17) is 4.74 Å². The number of nitrogens with zero attached hydrogens (tertiary/aromatic N) is 1. The Morgan fingerprint density at radius 1 is 1.38 bits per heavy atom. The van der Waals surface area contributed by atoms with Gasteiger partial charge in [0.1, 0.15) is 5.75 Å². The second-order valence-electron chi connectivity index (χ2n) is 5.70. The maximum absolute atomic E-state index is 11.5. The molecule has 0 aliphatic carbocycles. The Bertz CT molecular complexity index is 650. The van der Waals surface area contributed by atoms with Crippen LogP contribution in [0.1, 0.15) is 18.9 Å². The molecule has 24 heavy (non-hydrogen) atoms. The van der Waals surface area contributed by atoms with Crippen LogP contribution in [0.25, 0.3) is 0 Å². The van der Waals surface area contributed by atoms with Crippen molar-refractivity contribution in [3.8, 4) is 5.75 Å². The van der Waals surface area contributed by atoms with Crippen molar-refractivity contribution in [3.05, 3.63) is 29.8 Å². The van der Waals surface area contributed by atoms with Crippen molar-refractivity contribution in [2.75, 3.05) is 31.7 Å². The fourth-order valence-electron chi connectivity index (χ4n) is 2.56. The summed E-state index contributed by atoms with van der Waals surface area (Å²) in [6.07, 6.45) is 0.727. The van der Waals surface area contributed by atoms with E-state index in [2.05, 4.69) is 15.6 Å². The maximum atomic E-state index is 11.5. The number of aliphatic imine (C=N–C) groups is 1. The topological polar surface area (TPSA) is 79.8 Å². The summed E-state index contributed by atoms with van der Waals surface area (Å²) in [5.74, 6) is 2.26. The van der Waals surface area contributed by atoms with Gasteiger partial charge in [-0.1, -0.05) is 12.1 Å². The van der Waals surface area contributed by atoms with Gasteiger partial charge in [-0.25, -0.2) is 13.4 Å². The Balaban J connectivity index is 0.00000288. The van der Waals surface area contributed by atoms with Gasteiger partial charge >= 0.3 is 0 Å². The zero-order valence-corrected chi connectivity index (χ0v) is 17.3. The van der Waals surface area contributed by atoms with Crippen LogP contribution in [0.4, 0.5) is 0 Å². The number of halogens is 1. The molecule has 0 aromatic heterocycles. The average molecular weight is 467 g/mol. The SMILES string of the molecule is CCNC(=NCc1cccc(OC)c1)NCC1CCS(=O)(=O)C1.I. The van der Waals surface area contributed by atoms with E-state index in [1.165, 1.54) is 0 Å². The number of hydrogen-bond acceptors (Lipinski definition) is 4. The van der Waals surface area contributed by atoms with E-state index in [-0.39, 0.29) is 35.6 Å². The van der Waals surface area contributed by atoms with Gasteiger partial charge in [0.25, 0.3) is 0 Å². The molecule has 2 rings (SSSR count). The van der Waals surface area contributed by atoms with Crippen LogP contribution < -0.4 is 15.4 Å². The summed E-state index contributed by atoms with van der Waals surface area (Å²) in [7, 11) is -1.19. The lowest BCUT2D eigenvalue weighted by Gasteiger charge is -2.14. The molecule has 0 amide bonds. The van der Waals surface area contributed by atoms with Crippen LogP contribution in [-0.2, 0) is 16.4 Å². The molecule has 1 heterocycles. The van der Waals surface area contributed by atoms with Gasteiger partial charge in [0, 0.05) is 13.1 Å². The Kier molecular flexibility index (Phi) is 8.82. The molecule has 0 spiro atoms. The molecule has 1 unspecified atom stereocenters. The molecule has 0 saturated carbocycles. The van der Waals surface area contributed by atoms with Crippen molar-refractivity contribution in [1.82, 2.24) is 10.6 Å². The van der Waals surface area contributed by atoms with Crippen molar-refractivity contribution in [2.24, 2.45) is 10.9 Å². The predicted molar refractivity (Wildman–Crippen MR) is 108 cm³/mol. The minimum absolute atomic E-state index is 0. The molecule has 136 valence electrons. The highest BCUT2D eigenvalue weighted by Gasteiger charge is 2.27. The fourth-order valence-corrected chi connectivity index (χ4v) is 4.42. The van der Waals surface area contributed by atoms with Crippen molar-refractivity contribution in [2.45, 2.75) is 19.9 Å². The monoisotopic (exact) mass is 467 g/mol. The molecular formula is C16H26IN3O3S. The van der Waals surface area contributed by atoms with Gasteiger partial charge in [-0.3, -0.25) is 0 Å². The minimum atomic E-state index is -2.83. The summed E-state index contributed by atoms with van der Waals surface area (Å²) in [5.41, 5.74) is 1.06. The number of rotatable bonds is 6. The third-order valence-electron chi connectivity index (χ3n) is 3.78. The average Bonchev–Trinajstić information content (AvgIpc) is 2.89. The number of guanidine groups is 1. The Morgan fingerprint density at radius 3 is 2.79 bits per heavy atom. The van der Waals surface area contributed by atoms with Crippen LogP contribution in [0.15, 0.2) is 29.3 Å². The van der Waals surface area contributed by atoms with Gasteiger partial charge in [-0.2, -0.15) is 0 Å². The molecular weight excluding hydrogens is 441 g/mol. The molecule has 6 nitrogen and oxygen atoms in total. The zero-order chi connectivity index (χ0) is 16.7. The fraction of sp³-hybridized carbons (Fsp3) is 0.562. The number of methoxy groups -OCH3 is 1. The van der Waals surface area contributed by atoms with E-state index in [0.29, 0.717) is 24.8 Å². The lowest BCUT2D eigenvalue weighted by Crippen LogP contribution is -2.40. The molecule has 8 heteroatoms. The lowest BCUT2D eigenvalue weighted by molar-refractivity contribution is 0.414. The zero-order valence-electron chi connectivity index (χ0n) is 14.1. The molecule has 2 N–H and O–H groups in total. The smallest absolute Gasteiger partial charge is 0.191 e. The summed E-state index contributed by atoms with van der Waals surface area (Å²) in [5, 5.41) is 6.43. The highest BCUT2D eigenvalue weighted by atomic mass is 127. The van der Waals surface area contributed by atoms with Crippen LogP contribution in [0, 0.1) is 5.92 Å². The Morgan fingerprint density at radius 2 is 2.17 bits per heavy atom. The quantitative estimate of drug-likeness (QED) is 0.379. The van der Waals surface area contributed by atoms with E-state index in [1.54, 1.807) is 7.11 Å². The minimum Gasteiger partial charge on any atom is -0.497 e. The predicted octanol–water partition coefficient (Wildman–Crippen LogP) is 1.80. The molecule has 1 aliphatic rings. The second kappa shape index (κ2) is 10.1. The largest absolute Gasteiger partial charge is 0.497 e. The number of sulfone groups is 1. The molecule has 1 atom stereocenters. The van der Waals surface area contributed by atoms with Crippen molar-refractivity contribution in [1.29, 1.82) is 0 Å². The van der Waals surface area contributed by atoms with Crippen LogP contribution >= 0.6 is 24.0 Å². The highest BCUT2D eigenvalue weighted by molar-refractivity contribution is 14.0. The van der Waals surface area contributed by atoms with Crippen LogP contribution in [0.5, 0.6) is 5.75 Å². The number of benzene rings is 1. The maximum Gasteiger partial charge on any atom is 0.191 e. The van der Waals surface area contributed by atoms with Gasteiger partial charge in [0.05, 0.1) is 25.2 Å². The lowest BCUT2D eigenvalue weighted by atomic mass is 10.1. The summed E-state index contributed by atoms with van der Waals surface area (Å²) in [4.78, 5) is 4.55. The van der Waals surface area contributed by atoms with Gasteiger partial charge in [0.15, 0.2) is 15.8 Å². The molecule has 0 radical (unpaired) electrons. The highest BCUT2D eigenvalue weighted by Crippen LogP contribution is 2.17. The molecule has 0 bridgehead atoms. The van der Waals surface area contributed by atoms with Gasteiger partial charge in [0.2, 0.25) is 0 Å². The summed E-state index contributed by atoms with van der Waals surface area (Å²) < 4.78 is 28.2. The van der Waals surface area contributed by atoms with Crippen LogP contribution in [0.2, 0.25) is 0 Å².